The number of carbonyl (C=O) groups is 1. The monoisotopic (exact) mass is 398 g/mol. The molecule has 0 fully saturated rings. The van der Waals surface area contributed by atoms with Crippen molar-refractivity contribution >= 4 is 33.2 Å². The van der Waals surface area contributed by atoms with E-state index < -0.39 is 21.7 Å². The van der Waals surface area contributed by atoms with Crippen molar-refractivity contribution in [2.24, 2.45) is 0 Å². The van der Waals surface area contributed by atoms with Crippen LogP contribution in [0.15, 0.2) is 41.3 Å². The summed E-state index contributed by atoms with van der Waals surface area (Å²) in [6.45, 7) is 5.69. The van der Waals surface area contributed by atoms with E-state index in [4.69, 9.17) is 11.6 Å². The van der Waals surface area contributed by atoms with Gasteiger partial charge in [0.25, 0.3) is 5.91 Å². The summed E-state index contributed by atoms with van der Waals surface area (Å²) in [5.74, 6) is -1.55. The summed E-state index contributed by atoms with van der Waals surface area (Å²) in [5, 5.41) is 3.03. The Labute approximate surface area is 157 Å². The Hall–Kier alpha value is -1.96. The van der Waals surface area contributed by atoms with Crippen LogP contribution in [-0.2, 0) is 10.0 Å². The Bertz CT molecular complexity index is 928. The molecule has 0 aromatic heterocycles. The Morgan fingerprint density at radius 1 is 1.19 bits per heavy atom. The predicted octanol–water partition coefficient (Wildman–Crippen LogP) is 4.07. The Morgan fingerprint density at radius 3 is 2.46 bits per heavy atom. The van der Waals surface area contributed by atoms with E-state index in [-0.39, 0.29) is 23.5 Å². The lowest BCUT2D eigenvalue weighted by molar-refractivity contribution is 0.102. The van der Waals surface area contributed by atoms with Crippen LogP contribution in [0, 0.1) is 12.7 Å². The lowest BCUT2D eigenvalue weighted by atomic mass is 10.1. The summed E-state index contributed by atoms with van der Waals surface area (Å²) < 4.78 is 40.6. The van der Waals surface area contributed by atoms with E-state index in [9.17, 15) is 17.6 Å². The maximum absolute atomic E-state index is 14.2. The number of nitrogens with one attached hydrogen (secondary N) is 1. The summed E-state index contributed by atoms with van der Waals surface area (Å²) in [7, 11) is -3.80. The average Bonchev–Trinajstić information content (AvgIpc) is 2.60. The molecule has 1 amide bonds. The van der Waals surface area contributed by atoms with Gasteiger partial charge in [-0.15, -0.1) is 0 Å². The molecule has 8 heteroatoms. The van der Waals surface area contributed by atoms with E-state index in [2.05, 4.69) is 5.32 Å². The van der Waals surface area contributed by atoms with E-state index in [0.29, 0.717) is 16.3 Å². The van der Waals surface area contributed by atoms with Crippen molar-refractivity contribution in [2.45, 2.75) is 25.7 Å². The van der Waals surface area contributed by atoms with Gasteiger partial charge in [0, 0.05) is 23.8 Å². The van der Waals surface area contributed by atoms with Gasteiger partial charge >= 0.3 is 0 Å². The van der Waals surface area contributed by atoms with Crippen LogP contribution in [0.4, 0.5) is 10.1 Å². The highest BCUT2D eigenvalue weighted by molar-refractivity contribution is 7.89. The molecule has 0 bridgehead atoms. The summed E-state index contributed by atoms with van der Waals surface area (Å²) in [4.78, 5) is 12.4. The third-order valence-electron chi connectivity index (χ3n) is 4.04. The van der Waals surface area contributed by atoms with E-state index >= 15 is 0 Å². The van der Waals surface area contributed by atoms with Gasteiger partial charge in [0.05, 0.1) is 10.5 Å². The SMILES string of the molecule is CCN(CC)S(=O)(=O)c1ccc(F)c(C(=O)Nc2cccc(Cl)c2C)c1. The molecule has 0 saturated heterocycles. The van der Waals surface area contributed by atoms with E-state index in [1.807, 2.05) is 0 Å². The number of nitrogens with zero attached hydrogens (tertiary/aromatic N) is 1. The first-order chi connectivity index (χ1) is 12.2. The van der Waals surface area contributed by atoms with Crippen LogP contribution in [0.5, 0.6) is 0 Å². The number of sulfonamides is 1. The first-order valence-corrected chi connectivity index (χ1v) is 9.90. The Balaban J connectivity index is 2.41. The molecule has 0 aliphatic carbocycles. The number of halogens is 2. The number of carbonyl (C=O) groups excluding carboxylic acids is 1. The average molecular weight is 399 g/mol. The number of rotatable bonds is 6. The van der Waals surface area contributed by atoms with Gasteiger partial charge in [0.2, 0.25) is 10.0 Å². The number of benzene rings is 2. The highest BCUT2D eigenvalue weighted by atomic mass is 35.5. The molecule has 0 spiro atoms. The highest BCUT2D eigenvalue weighted by Gasteiger charge is 2.24. The van der Waals surface area contributed by atoms with Crippen molar-refractivity contribution in [1.82, 2.24) is 4.31 Å². The molecule has 0 heterocycles. The van der Waals surface area contributed by atoms with Gasteiger partial charge in [-0.05, 0) is 42.8 Å². The summed E-state index contributed by atoms with van der Waals surface area (Å²) in [6.07, 6.45) is 0. The second-order valence-electron chi connectivity index (χ2n) is 5.60. The van der Waals surface area contributed by atoms with Crippen LogP contribution in [-0.4, -0.2) is 31.7 Å². The molecule has 5 nitrogen and oxygen atoms in total. The van der Waals surface area contributed by atoms with Gasteiger partial charge in [-0.25, -0.2) is 12.8 Å². The Kier molecular flexibility index (Phi) is 6.39. The third kappa shape index (κ3) is 4.06. The fraction of sp³-hybridized carbons (Fsp3) is 0.278. The first-order valence-electron chi connectivity index (χ1n) is 8.08. The van der Waals surface area contributed by atoms with Crippen LogP contribution in [0.1, 0.15) is 29.8 Å². The minimum atomic E-state index is -3.80. The zero-order valence-electron chi connectivity index (χ0n) is 14.7. The van der Waals surface area contributed by atoms with Gasteiger partial charge in [-0.3, -0.25) is 4.79 Å². The molecule has 2 aromatic rings. The fourth-order valence-corrected chi connectivity index (χ4v) is 4.14. The zero-order chi connectivity index (χ0) is 19.5. The second kappa shape index (κ2) is 8.16. The molecule has 2 rings (SSSR count). The van der Waals surface area contributed by atoms with Gasteiger partial charge < -0.3 is 5.32 Å². The molecule has 2 aromatic carbocycles. The van der Waals surface area contributed by atoms with E-state index in [0.717, 1.165) is 18.2 Å². The van der Waals surface area contributed by atoms with Crippen LogP contribution >= 0.6 is 11.6 Å². The fourth-order valence-electron chi connectivity index (χ4n) is 2.48. The van der Waals surface area contributed by atoms with Crippen LogP contribution in [0.25, 0.3) is 0 Å². The van der Waals surface area contributed by atoms with Crippen LogP contribution in [0.2, 0.25) is 5.02 Å². The topological polar surface area (TPSA) is 66.5 Å². The van der Waals surface area contributed by atoms with Crippen LogP contribution in [0.3, 0.4) is 0 Å². The normalized spacial score (nSPS) is 11.6. The van der Waals surface area contributed by atoms with Crippen molar-refractivity contribution < 1.29 is 17.6 Å². The minimum absolute atomic E-state index is 0.129. The summed E-state index contributed by atoms with van der Waals surface area (Å²) in [5.41, 5.74) is 0.714. The Morgan fingerprint density at radius 2 is 1.85 bits per heavy atom. The molecule has 140 valence electrons. The molecule has 26 heavy (non-hydrogen) atoms. The van der Waals surface area contributed by atoms with Crippen molar-refractivity contribution in [2.75, 3.05) is 18.4 Å². The summed E-state index contributed by atoms with van der Waals surface area (Å²) in [6, 6.07) is 8.15. The lowest BCUT2D eigenvalue weighted by Crippen LogP contribution is -2.31. The quantitative estimate of drug-likeness (QED) is 0.797. The first kappa shape index (κ1) is 20.4. The molecular formula is C18H20ClFN2O3S. The number of anilines is 1. The maximum Gasteiger partial charge on any atom is 0.258 e. The molecule has 0 radical (unpaired) electrons. The smallest absolute Gasteiger partial charge is 0.258 e. The molecule has 0 atom stereocenters. The van der Waals surface area contributed by atoms with Crippen molar-refractivity contribution in [3.63, 3.8) is 0 Å². The van der Waals surface area contributed by atoms with Gasteiger partial charge in [-0.1, -0.05) is 31.5 Å². The van der Waals surface area contributed by atoms with Gasteiger partial charge in [0.1, 0.15) is 5.82 Å². The predicted molar refractivity (Wildman–Crippen MR) is 101 cm³/mol. The van der Waals surface area contributed by atoms with Crippen molar-refractivity contribution in [3.8, 4) is 0 Å². The molecule has 0 saturated carbocycles. The number of hydrogen-bond donors (Lipinski definition) is 1. The van der Waals surface area contributed by atoms with Crippen LogP contribution < -0.4 is 5.32 Å². The van der Waals surface area contributed by atoms with Crippen molar-refractivity contribution in [3.05, 3.63) is 58.4 Å². The second-order valence-corrected chi connectivity index (χ2v) is 7.94. The number of amides is 1. The molecule has 0 aliphatic rings. The van der Waals surface area contributed by atoms with Gasteiger partial charge in [0.15, 0.2) is 0 Å². The van der Waals surface area contributed by atoms with Gasteiger partial charge in [-0.2, -0.15) is 4.31 Å². The molecular weight excluding hydrogens is 379 g/mol. The van der Waals surface area contributed by atoms with Crippen molar-refractivity contribution in [1.29, 1.82) is 0 Å². The van der Waals surface area contributed by atoms with E-state index in [1.165, 1.54) is 4.31 Å². The molecule has 0 aliphatic heterocycles. The maximum atomic E-state index is 14.2. The number of hydrogen-bond acceptors (Lipinski definition) is 3. The zero-order valence-corrected chi connectivity index (χ0v) is 16.3. The minimum Gasteiger partial charge on any atom is -0.322 e. The highest BCUT2D eigenvalue weighted by Crippen LogP contribution is 2.25. The standard InChI is InChI=1S/C18H20ClFN2O3S/c1-4-22(5-2)26(24,25)13-9-10-16(20)14(11-13)18(23)21-17-8-6-7-15(19)12(17)3/h6-11H,4-5H2,1-3H3,(H,21,23). The summed E-state index contributed by atoms with van der Waals surface area (Å²) >= 11 is 6.02. The largest absolute Gasteiger partial charge is 0.322 e. The molecule has 1 N–H and O–H groups in total. The lowest BCUT2D eigenvalue weighted by Gasteiger charge is -2.19. The van der Waals surface area contributed by atoms with E-state index in [1.54, 1.807) is 39.0 Å². The third-order valence-corrected chi connectivity index (χ3v) is 6.50. The molecule has 0 unspecified atom stereocenters.